The molecule has 15 heavy (non-hydrogen) atoms. The average molecular weight is 225 g/mol. The SMILES string of the molecule is C=Cc1cccc(N)c1C(N)=NS(=O)O. The van der Waals surface area contributed by atoms with Crippen LogP contribution in [0.3, 0.4) is 0 Å². The second-order valence-electron chi connectivity index (χ2n) is 2.72. The van der Waals surface area contributed by atoms with E-state index in [-0.39, 0.29) is 5.84 Å². The third-order valence-electron chi connectivity index (χ3n) is 1.78. The van der Waals surface area contributed by atoms with Crippen LogP contribution in [0, 0.1) is 0 Å². The van der Waals surface area contributed by atoms with E-state index in [2.05, 4.69) is 11.0 Å². The van der Waals surface area contributed by atoms with Crippen molar-refractivity contribution in [2.45, 2.75) is 0 Å². The second kappa shape index (κ2) is 4.72. The number of nitrogen functional groups attached to an aromatic ring is 1. The van der Waals surface area contributed by atoms with Gasteiger partial charge >= 0.3 is 0 Å². The van der Waals surface area contributed by atoms with Crippen LogP contribution in [0.4, 0.5) is 5.69 Å². The third-order valence-corrected chi connectivity index (χ3v) is 2.13. The molecule has 6 heteroatoms. The predicted molar refractivity (Wildman–Crippen MR) is 62.4 cm³/mol. The van der Waals surface area contributed by atoms with Crippen LogP contribution in [0.15, 0.2) is 29.2 Å². The summed E-state index contributed by atoms with van der Waals surface area (Å²) in [4.78, 5) is 0. The Bertz CT molecular complexity index is 443. The molecule has 0 spiro atoms. The van der Waals surface area contributed by atoms with Crippen molar-refractivity contribution in [3.8, 4) is 0 Å². The molecule has 5 N–H and O–H groups in total. The summed E-state index contributed by atoms with van der Waals surface area (Å²) in [6.45, 7) is 3.59. The van der Waals surface area contributed by atoms with Crippen molar-refractivity contribution < 1.29 is 8.76 Å². The highest BCUT2D eigenvalue weighted by Gasteiger charge is 2.08. The van der Waals surface area contributed by atoms with Crippen LogP contribution >= 0.6 is 0 Å². The molecule has 80 valence electrons. The molecule has 0 aliphatic rings. The fourth-order valence-corrected chi connectivity index (χ4v) is 1.44. The highest BCUT2D eigenvalue weighted by Crippen LogP contribution is 2.17. The van der Waals surface area contributed by atoms with E-state index in [1.165, 1.54) is 0 Å². The highest BCUT2D eigenvalue weighted by atomic mass is 32.2. The van der Waals surface area contributed by atoms with Crippen LogP contribution in [0.5, 0.6) is 0 Å². The summed E-state index contributed by atoms with van der Waals surface area (Å²) in [7, 11) is 0. The zero-order valence-electron chi connectivity index (χ0n) is 7.88. The van der Waals surface area contributed by atoms with Gasteiger partial charge in [-0.15, -0.1) is 4.40 Å². The van der Waals surface area contributed by atoms with Crippen LogP contribution in [0.25, 0.3) is 6.08 Å². The van der Waals surface area contributed by atoms with E-state index in [4.69, 9.17) is 16.0 Å². The van der Waals surface area contributed by atoms with Crippen molar-refractivity contribution in [3.05, 3.63) is 35.9 Å². The van der Waals surface area contributed by atoms with Gasteiger partial charge < -0.3 is 11.5 Å². The first-order valence-corrected chi connectivity index (χ1v) is 5.09. The van der Waals surface area contributed by atoms with Gasteiger partial charge in [0.2, 0.25) is 0 Å². The fourth-order valence-electron chi connectivity index (χ4n) is 1.18. The first-order chi connectivity index (χ1) is 7.06. The molecule has 0 saturated carbocycles. The number of rotatable bonds is 3. The van der Waals surface area contributed by atoms with E-state index in [1.54, 1.807) is 24.3 Å². The first kappa shape index (κ1) is 11.4. The molecule has 1 unspecified atom stereocenters. The largest absolute Gasteiger partial charge is 0.398 e. The molecule has 0 aliphatic heterocycles. The van der Waals surface area contributed by atoms with Gasteiger partial charge in [-0.2, -0.15) is 0 Å². The number of nitrogens with zero attached hydrogens (tertiary/aromatic N) is 1. The van der Waals surface area contributed by atoms with Gasteiger partial charge in [0, 0.05) is 11.3 Å². The molecule has 1 aromatic carbocycles. The topological polar surface area (TPSA) is 102 Å². The molecule has 0 radical (unpaired) electrons. The Hall–Kier alpha value is -1.66. The van der Waals surface area contributed by atoms with Gasteiger partial charge in [-0.1, -0.05) is 24.8 Å². The summed E-state index contributed by atoms with van der Waals surface area (Å²) in [6, 6.07) is 5.10. The van der Waals surface area contributed by atoms with E-state index in [1.807, 2.05) is 0 Å². The van der Waals surface area contributed by atoms with Gasteiger partial charge in [0.25, 0.3) is 11.3 Å². The average Bonchev–Trinajstić information content (AvgIpc) is 2.15. The smallest absolute Gasteiger partial charge is 0.283 e. The maximum absolute atomic E-state index is 10.5. The minimum atomic E-state index is -2.34. The van der Waals surface area contributed by atoms with Crippen molar-refractivity contribution in [3.63, 3.8) is 0 Å². The van der Waals surface area contributed by atoms with Gasteiger partial charge in [-0.05, 0) is 11.6 Å². The molecular formula is C9H11N3O2S. The number of hydrogen-bond acceptors (Lipinski definition) is 2. The number of benzene rings is 1. The number of anilines is 1. The van der Waals surface area contributed by atoms with E-state index < -0.39 is 11.3 Å². The van der Waals surface area contributed by atoms with Crippen molar-refractivity contribution >= 4 is 28.9 Å². The summed E-state index contributed by atoms with van der Waals surface area (Å²) in [5, 5.41) is 0. The van der Waals surface area contributed by atoms with Gasteiger partial charge in [-0.25, -0.2) is 4.21 Å². The maximum Gasteiger partial charge on any atom is 0.283 e. The monoisotopic (exact) mass is 225 g/mol. The van der Waals surface area contributed by atoms with E-state index in [0.717, 1.165) is 0 Å². The zero-order chi connectivity index (χ0) is 11.4. The predicted octanol–water partition coefficient (Wildman–Crippen LogP) is 0.754. The lowest BCUT2D eigenvalue weighted by Gasteiger charge is -2.07. The lowest BCUT2D eigenvalue weighted by Crippen LogP contribution is -2.17. The number of hydrogen-bond donors (Lipinski definition) is 3. The quantitative estimate of drug-likeness (QED) is 0.306. The van der Waals surface area contributed by atoms with Gasteiger partial charge in [-0.3, -0.25) is 4.55 Å². The van der Waals surface area contributed by atoms with Crippen LogP contribution < -0.4 is 11.5 Å². The second-order valence-corrected chi connectivity index (χ2v) is 3.37. The Morgan fingerprint density at radius 3 is 2.80 bits per heavy atom. The van der Waals surface area contributed by atoms with Gasteiger partial charge in [0.1, 0.15) is 5.84 Å². The van der Waals surface area contributed by atoms with E-state index >= 15 is 0 Å². The molecule has 0 heterocycles. The molecule has 0 aliphatic carbocycles. The lowest BCUT2D eigenvalue weighted by atomic mass is 10.0. The van der Waals surface area contributed by atoms with Crippen molar-refractivity contribution in [2.75, 3.05) is 5.73 Å². The molecule has 1 rings (SSSR count). The summed E-state index contributed by atoms with van der Waals surface area (Å²) >= 11 is -2.34. The van der Waals surface area contributed by atoms with E-state index in [0.29, 0.717) is 16.8 Å². The summed E-state index contributed by atoms with van der Waals surface area (Å²) in [6.07, 6.45) is 1.55. The molecule has 1 atom stereocenters. The molecule has 0 aromatic heterocycles. The first-order valence-electron chi connectivity index (χ1n) is 4.02. The van der Waals surface area contributed by atoms with Gasteiger partial charge in [0.05, 0.1) is 0 Å². The summed E-state index contributed by atoms with van der Waals surface area (Å²) in [5.41, 5.74) is 12.7. The number of amidine groups is 1. The van der Waals surface area contributed by atoms with Crippen LogP contribution in [-0.2, 0) is 11.3 Å². The van der Waals surface area contributed by atoms with Crippen molar-refractivity contribution in [1.82, 2.24) is 0 Å². The standard InChI is InChI=1S/C9H11N3O2S/c1-2-6-4-3-5-7(10)8(6)9(11)12-15(13)14/h2-5H,1,10H2,(H2,11,12)(H,13,14). The highest BCUT2D eigenvalue weighted by molar-refractivity contribution is 7.78. The Balaban J connectivity index is 3.35. The maximum atomic E-state index is 10.5. The van der Waals surface area contributed by atoms with Gasteiger partial charge in [0.15, 0.2) is 0 Å². The third kappa shape index (κ3) is 2.64. The minimum Gasteiger partial charge on any atom is -0.398 e. The molecular weight excluding hydrogens is 214 g/mol. The molecule has 0 fully saturated rings. The van der Waals surface area contributed by atoms with Crippen LogP contribution in [0.1, 0.15) is 11.1 Å². The molecule has 1 aromatic rings. The summed E-state index contributed by atoms with van der Waals surface area (Å²) < 4.78 is 22.4. The summed E-state index contributed by atoms with van der Waals surface area (Å²) in [5.74, 6) is -0.0798. The Kier molecular flexibility index (Phi) is 3.59. The van der Waals surface area contributed by atoms with Crippen molar-refractivity contribution in [1.29, 1.82) is 0 Å². The molecule has 0 saturated heterocycles. The molecule has 0 bridgehead atoms. The number of nitrogens with two attached hydrogens (primary N) is 2. The zero-order valence-corrected chi connectivity index (χ0v) is 8.70. The normalized spacial score (nSPS) is 13.5. The fraction of sp³-hybridized carbons (Fsp3) is 0. The Labute approximate surface area is 89.9 Å². The van der Waals surface area contributed by atoms with Crippen LogP contribution in [0.2, 0.25) is 0 Å². The van der Waals surface area contributed by atoms with Crippen molar-refractivity contribution in [2.24, 2.45) is 10.1 Å². The molecule has 5 nitrogen and oxygen atoms in total. The van der Waals surface area contributed by atoms with E-state index in [9.17, 15) is 4.21 Å². The minimum absolute atomic E-state index is 0.0798. The van der Waals surface area contributed by atoms with Crippen LogP contribution in [-0.4, -0.2) is 14.6 Å². The Morgan fingerprint density at radius 2 is 2.27 bits per heavy atom. The lowest BCUT2D eigenvalue weighted by molar-refractivity contribution is 0.566. The Morgan fingerprint density at radius 1 is 1.60 bits per heavy atom. The molecule has 0 amide bonds.